The Bertz CT molecular complexity index is 941. The molecule has 1 N–H and O–H groups in total. The van der Waals surface area contributed by atoms with E-state index in [0.29, 0.717) is 5.56 Å². The SMILES string of the molecule is Cc1ccccc1NC(=O)c1ccc2nc(N3CCC(C)CC3)sc2c1. The number of thiazole rings is 1. The number of nitrogens with one attached hydrogen (secondary N) is 1. The number of aryl methyl sites for hydroxylation is 1. The largest absolute Gasteiger partial charge is 0.348 e. The number of nitrogens with zero attached hydrogens (tertiary/aromatic N) is 2. The summed E-state index contributed by atoms with van der Waals surface area (Å²) < 4.78 is 1.07. The van der Waals surface area contributed by atoms with Crippen molar-refractivity contribution in [3.05, 3.63) is 53.6 Å². The van der Waals surface area contributed by atoms with Gasteiger partial charge in [-0.15, -0.1) is 0 Å². The first kappa shape index (κ1) is 17.0. The quantitative estimate of drug-likeness (QED) is 0.703. The molecule has 4 nitrogen and oxygen atoms in total. The fraction of sp³-hybridized carbons (Fsp3) is 0.333. The number of aromatic nitrogens is 1. The van der Waals surface area contributed by atoms with Gasteiger partial charge in [0, 0.05) is 24.3 Å². The van der Waals surface area contributed by atoms with Gasteiger partial charge in [0.15, 0.2) is 5.13 Å². The van der Waals surface area contributed by atoms with E-state index in [1.54, 1.807) is 11.3 Å². The van der Waals surface area contributed by atoms with Crippen LogP contribution in [0.3, 0.4) is 0 Å². The zero-order valence-corrected chi connectivity index (χ0v) is 16.0. The van der Waals surface area contributed by atoms with Gasteiger partial charge in [-0.2, -0.15) is 0 Å². The smallest absolute Gasteiger partial charge is 0.255 e. The molecule has 0 atom stereocenters. The van der Waals surface area contributed by atoms with Gasteiger partial charge in [0.05, 0.1) is 10.2 Å². The summed E-state index contributed by atoms with van der Waals surface area (Å²) in [4.78, 5) is 19.8. The van der Waals surface area contributed by atoms with Crippen LogP contribution in [0.25, 0.3) is 10.2 Å². The number of benzene rings is 2. The maximum absolute atomic E-state index is 12.6. The fourth-order valence-electron chi connectivity index (χ4n) is 3.30. The second kappa shape index (κ2) is 7.08. The molecular weight excluding hydrogens is 342 g/mol. The molecule has 4 rings (SSSR count). The lowest BCUT2D eigenvalue weighted by atomic mass is 10.00. The third-order valence-corrected chi connectivity index (χ3v) is 6.17. The van der Waals surface area contributed by atoms with Crippen LogP contribution < -0.4 is 10.2 Å². The molecular formula is C21H23N3OS. The van der Waals surface area contributed by atoms with Crippen molar-refractivity contribution in [3.8, 4) is 0 Å². The topological polar surface area (TPSA) is 45.2 Å². The number of fused-ring (bicyclic) bond motifs is 1. The van der Waals surface area contributed by atoms with Crippen molar-refractivity contribution in [1.82, 2.24) is 4.98 Å². The van der Waals surface area contributed by atoms with Gasteiger partial charge in [-0.3, -0.25) is 4.79 Å². The maximum atomic E-state index is 12.6. The van der Waals surface area contributed by atoms with Gasteiger partial charge in [0.25, 0.3) is 5.91 Å². The van der Waals surface area contributed by atoms with Crippen LogP contribution in [-0.4, -0.2) is 24.0 Å². The number of hydrogen-bond donors (Lipinski definition) is 1. The van der Waals surface area contributed by atoms with Crippen LogP contribution in [0.4, 0.5) is 10.8 Å². The van der Waals surface area contributed by atoms with Crippen molar-refractivity contribution in [2.45, 2.75) is 26.7 Å². The molecule has 0 radical (unpaired) electrons. The molecule has 1 aromatic heterocycles. The number of carbonyl (C=O) groups is 1. The van der Waals surface area contributed by atoms with Gasteiger partial charge in [-0.1, -0.05) is 36.5 Å². The molecule has 0 unspecified atom stereocenters. The summed E-state index contributed by atoms with van der Waals surface area (Å²) in [7, 11) is 0. The van der Waals surface area contributed by atoms with Crippen molar-refractivity contribution in [1.29, 1.82) is 0 Å². The maximum Gasteiger partial charge on any atom is 0.255 e. The summed E-state index contributed by atoms with van der Waals surface area (Å²) in [5.41, 5.74) is 3.55. The fourth-order valence-corrected chi connectivity index (χ4v) is 4.35. The molecule has 0 aliphatic carbocycles. The molecule has 1 aliphatic rings. The molecule has 2 aromatic carbocycles. The highest BCUT2D eigenvalue weighted by Crippen LogP contribution is 2.32. The first-order valence-corrected chi connectivity index (χ1v) is 9.94. The zero-order valence-electron chi connectivity index (χ0n) is 15.2. The molecule has 0 bridgehead atoms. The summed E-state index contributed by atoms with van der Waals surface area (Å²) in [5, 5.41) is 4.07. The Morgan fingerprint density at radius 2 is 1.96 bits per heavy atom. The van der Waals surface area contributed by atoms with Crippen LogP contribution in [0, 0.1) is 12.8 Å². The lowest BCUT2D eigenvalue weighted by Gasteiger charge is -2.29. The molecule has 26 heavy (non-hydrogen) atoms. The standard InChI is InChI=1S/C21H23N3OS/c1-14-9-11-24(12-10-14)21-23-18-8-7-16(13-19(18)26-21)20(25)22-17-6-4-3-5-15(17)2/h3-8,13-14H,9-12H2,1-2H3,(H,22,25). The van der Waals surface area contributed by atoms with E-state index in [0.717, 1.165) is 45.6 Å². The minimum absolute atomic E-state index is 0.0806. The molecule has 1 aliphatic heterocycles. The van der Waals surface area contributed by atoms with Gasteiger partial charge in [0.1, 0.15) is 0 Å². The average Bonchev–Trinajstić information content (AvgIpc) is 3.07. The summed E-state index contributed by atoms with van der Waals surface area (Å²) in [6, 6.07) is 13.6. The summed E-state index contributed by atoms with van der Waals surface area (Å²) in [5.74, 6) is 0.723. The number of hydrogen-bond acceptors (Lipinski definition) is 4. The molecule has 1 saturated heterocycles. The first-order valence-electron chi connectivity index (χ1n) is 9.12. The first-order chi connectivity index (χ1) is 12.6. The van der Waals surface area contributed by atoms with Crippen molar-refractivity contribution in [2.75, 3.05) is 23.3 Å². The Hall–Kier alpha value is -2.40. The molecule has 2 heterocycles. The van der Waals surface area contributed by atoms with Gasteiger partial charge < -0.3 is 10.2 Å². The predicted molar refractivity (Wildman–Crippen MR) is 109 cm³/mol. The average molecular weight is 366 g/mol. The Balaban J connectivity index is 1.55. The van der Waals surface area contributed by atoms with E-state index in [2.05, 4.69) is 17.1 Å². The minimum atomic E-state index is -0.0806. The molecule has 0 saturated carbocycles. The highest BCUT2D eigenvalue weighted by Gasteiger charge is 2.19. The van der Waals surface area contributed by atoms with Crippen LogP contribution in [-0.2, 0) is 0 Å². The summed E-state index contributed by atoms with van der Waals surface area (Å²) in [6.45, 7) is 6.45. The van der Waals surface area contributed by atoms with Crippen LogP contribution >= 0.6 is 11.3 Å². The van der Waals surface area contributed by atoms with E-state index < -0.39 is 0 Å². The van der Waals surface area contributed by atoms with E-state index in [9.17, 15) is 4.79 Å². The lowest BCUT2D eigenvalue weighted by Crippen LogP contribution is -2.32. The number of amides is 1. The van der Waals surface area contributed by atoms with Crippen molar-refractivity contribution in [2.24, 2.45) is 5.92 Å². The van der Waals surface area contributed by atoms with Crippen LogP contribution in [0.15, 0.2) is 42.5 Å². The van der Waals surface area contributed by atoms with Gasteiger partial charge in [-0.05, 0) is 55.5 Å². The molecule has 134 valence electrons. The van der Waals surface area contributed by atoms with Crippen molar-refractivity contribution in [3.63, 3.8) is 0 Å². The molecule has 5 heteroatoms. The minimum Gasteiger partial charge on any atom is -0.348 e. The molecule has 0 spiro atoms. The van der Waals surface area contributed by atoms with E-state index in [1.807, 2.05) is 49.4 Å². The van der Waals surface area contributed by atoms with E-state index >= 15 is 0 Å². The van der Waals surface area contributed by atoms with Gasteiger partial charge >= 0.3 is 0 Å². The van der Waals surface area contributed by atoms with Crippen LogP contribution in [0.2, 0.25) is 0 Å². The molecule has 3 aromatic rings. The van der Waals surface area contributed by atoms with Crippen LogP contribution in [0.1, 0.15) is 35.7 Å². The lowest BCUT2D eigenvalue weighted by molar-refractivity contribution is 0.102. The normalized spacial score (nSPS) is 15.4. The van der Waals surface area contributed by atoms with E-state index in [-0.39, 0.29) is 5.91 Å². The Kier molecular flexibility index (Phi) is 4.64. The molecule has 1 fully saturated rings. The summed E-state index contributed by atoms with van der Waals surface area (Å²) >= 11 is 1.68. The Morgan fingerprint density at radius 1 is 1.19 bits per heavy atom. The second-order valence-electron chi connectivity index (χ2n) is 7.12. The number of para-hydroxylation sites is 1. The van der Waals surface area contributed by atoms with E-state index in [1.165, 1.54) is 12.8 Å². The van der Waals surface area contributed by atoms with Crippen molar-refractivity contribution >= 4 is 38.3 Å². The number of anilines is 2. The van der Waals surface area contributed by atoms with Crippen molar-refractivity contribution < 1.29 is 4.79 Å². The van der Waals surface area contributed by atoms with Gasteiger partial charge in [0.2, 0.25) is 0 Å². The monoisotopic (exact) mass is 365 g/mol. The number of rotatable bonds is 3. The van der Waals surface area contributed by atoms with Crippen LogP contribution in [0.5, 0.6) is 0 Å². The third-order valence-electron chi connectivity index (χ3n) is 5.09. The third kappa shape index (κ3) is 3.44. The number of carbonyl (C=O) groups excluding carboxylic acids is 1. The highest BCUT2D eigenvalue weighted by atomic mass is 32.1. The second-order valence-corrected chi connectivity index (χ2v) is 8.13. The number of piperidine rings is 1. The summed E-state index contributed by atoms with van der Waals surface area (Å²) in [6.07, 6.45) is 2.44. The predicted octanol–water partition coefficient (Wildman–Crippen LogP) is 5.09. The van der Waals surface area contributed by atoms with E-state index in [4.69, 9.17) is 4.98 Å². The van der Waals surface area contributed by atoms with Gasteiger partial charge in [-0.25, -0.2) is 4.98 Å². The zero-order chi connectivity index (χ0) is 18.1. The molecule has 1 amide bonds. The Labute approximate surface area is 157 Å². The highest BCUT2D eigenvalue weighted by molar-refractivity contribution is 7.22. The Morgan fingerprint density at radius 3 is 2.73 bits per heavy atom.